The van der Waals surface area contributed by atoms with E-state index in [9.17, 15) is 4.79 Å². The summed E-state index contributed by atoms with van der Waals surface area (Å²) >= 11 is 6.15. The molecule has 0 fully saturated rings. The molecule has 0 aliphatic rings. The molecule has 122 valence electrons. The molecule has 1 aromatic carbocycles. The number of nitrogens with zero attached hydrogens (tertiary/aromatic N) is 4. The summed E-state index contributed by atoms with van der Waals surface area (Å²) in [6.07, 6.45) is 3.24. The van der Waals surface area contributed by atoms with Gasteiger partial charge in [-0.15, -0.1) is 5.10 Å². The Morgan fingerprint density at radius 2 is 2.00 bits per heavy atom. The molecule has 0 atom stereocenters. The lowest BCUT2D eigenvalue weighted by Crippen LogP contribution is -2.11. The van der Waals surface area contributed by atoms with Crippen LogP contribution in [0.25, 0.3) is 22.8 Å². The molecule has 0 saturated carbocycles. The number of aromatic nitrogens is 4. The highest BCUT2D eigenvalue weighted by Gasteiger charge is 2.16. The first kappa shape index (κ1) is 15.9. The SMILES string of the molecule is COc1ccc(-c2nc(-c3ccncc3)nn2CC(=O)O)cc1Cl. The summed E-state index contributed by atoms with van der Waals surface area (Å²) in [7, 11) is 1.52. The number of hydrogen-bond acceptors (Lipinski definition) is 5. The van der Waals surface area contributed by atoms with Crippen molar-refractivity contribution in [1.29, 1.82) is 0 Å². The van der Waals surface area contributed by atoms with Gasteiger partial charge < -0.3 is 9.84 Å². The minimum Gasteiger partial charge on any atom is -0.495 e. The van der Waals surface area contributed by atoms with Crippen molar-refractivity contribution >= 4 is 17.6 Å². The number of carbonyl (C=O) groups is 1. The molecule has 2 heterocycles. The standard InChI is InChI=1S/C16H13ClN4O3/c1-24-13-3-2-11(8-12(13)17)16-19-15(10-4-6-18-7-5-10)20-21(16)9-14(22)23/h2-8H,9H2,1H3,(H,22,23). The second-order valence-electron chi connectivity index (χ2n) is 4.90. The van der Waals surface area contributed by atoms with Crippen molar-refractivity contribution in [3.8, 4) is 28.5 Å². The smallest absolute Gasteiger partial charge is 0.325 e. The molecule has 0 aliphatic carbocycles. The number of carboxylic acid groups (broad SMARTS) is 1. The molecule has 0 aliphatic heterocycles. The largest absolute Gasteiger partial charge is 0.495 e. The topological polar surface area (TPSA) is 90.1 Å². The van der Waals surface area contributed by atoms with E-state index in [-0.39, 0.29) is 6.54 Å². The summed E-state index contributed by atoms with van der Waals surface area (Å²) in [4.78, 5) is 19.5. The van der Waals surface area contributed by atoms with Crippen molar-refractivity contribution in [3.05, 3.63) is 47.7 Å². The summed E-state index contributed by atoms with van der Waals surface area (Å²) in [5, 5.41) is 13.8. The quantitative estimate of drug-likeness (QED) is 0.765. The van der Waals surface area contributed by atoms with Crippen LogP contribution in [0.3, 0.4) is 0 Å². The van der Waals surface area contributed by atoms with Gasteiger partial charge in [0.2, 0.25) is 0 Å². The first-order valence-corrected chi connectivity index (χ1v) is 7.37. The highest BCUT2D eigenvalue weighted by atomic mass is 35.5. The summed E-state index contributed by atoms with van der Waals surface area (Å²) < 4.78 is 6.46. The molecule has 0 amide bonds. The minimum absolute atomic E-state index is 0.308. The van der Waals surface area contributed by atoms with Gasteiger partial charge in [-0.3, -0.25) is 9.78 Å². The zero-order valence-electron chi connectivity index (χ0n) is 12.7. The molecule has 0 saturated heterocycles. The van der Waals surface area contributed by atoms with E-state index in [1.54, 1.807) is 42.7 Å². The van der Waals surface area contributed by atoms with Gasteiger partial charge in [0, 0.05) is 23.5 Å². The average molecular weight is 345 g/mol. The van der Waals surface area contributed by atoms with E-state index in [2.05, 4.69) is 15.1 Å². The Hall–Kier alpha value is -2.93. The lowest BCUT2D eigenvalue weighted by molar-refractivity contribution is -0.137. The van der Waals surface area contributed by atoms with Crippen LogP contribution < -0.4 is 4.74 Å². The van der Waals surface area contributed by atoms with Gasteiger partial charge in [0.15, 0.2) is 11.6 Å². The number of ether oxygens (including phenoxy) is 1. The molecule has 1 N–H and O–H groups in total. The van der Waals surface area contributed by atoms with Gasteiger partial charge in [0.25, 0.3) is 0 Å². The minimum atomic E-state index is -1.01. The highest BCUT2D eigenvalue weighted by Crippen LogP contribution is 2.30. The van der Waals surface area contributed by atoms with Crippen LogP contribution in [0.15, 0.2) is 42.7 Å². The Labute approximate surface area is 142 Å². The number of aliphatic carboxylic acids is 1. The third-order valence-electron chi connectivity index (χ3n) is 3.31. The van der Waals surface area contributed by atoms with Crippen LogP contribution >= 0.6 is 11.6 Å². The fourth-order valence-electron chi connectivity index (χ4n) is 2.22. The van der Waals surface area contributed by atoms with Crippen LogP contribution in [0.2, 0.25) is 5.02 Å². The van der Waals surface area contributed by atoms with Crippen LogP contribution in [0, 0.1) is 0 Å². The van der Waals surface area contributed by atoms with Crippen molar-refractivity contribution in [2.45, 2.75) is 6.54 Å². The van der Waals surface area contributed by atoms with Crippen LogP contribution in [-0.2, 0) is 11.3 Å². The first-order chi connectivity index (χ1) is 11.6. The van der Waals surface area contributed by atoms with Crippen molar-refractivity contribution < 1.29 is 14.6 Å². The van der Waals surface area contributed by atoms with Gasteiger partial charge in [0.1, 0.15) is 12.3 Å². The molecular weight excluding hydrogens is 332 g/mol. The molecule has 0 spiro atoms. The molecule has 0 radical (unpaired) electrons. The normalized spacial score (nSPS) is 10.6. The Kier molecular flexibility index (Phi) is 4.43. The van der Waals surface area contributed by atoms with Crippen LogP contribution in [0.4, 0.5) is 0 Å². The van der Waals surface area contributed by atoms with Gasteiger partial charge in [-0.25, -0.2) is 9.67 Å². The maximum absolute atomic E-state index is 11.1. The number of methoxy groups -OCH3 is 1. The second-order valence-corrected chi connectivity index (χ2v) is 5.30. The summed E-state index contributed by atoms with van der Waals surface area (Å²) in [6, 6.07) is 8.63. The van der Waals surface area contributed by atoms with Crippen LogP contribution in [0.5, 0.6) is 5.75 Å². The second kappa shape index (κ2) is 6.67. The van der Waals surface area contributed by atoms with Crippen molar-refractivity contribution in [1.82, 2.24) is 19.7 Å². The van der Waals surface area contributed by atoms with Gasteiger partial charge >= 0.3 is 5.97 Å². The molecular formula is C16H13ClN4O3. The van der Waals surface area contributed by atoms with E-state index in [0.29, 0.717) is 28.0 Å². The number of benzene rings is 1. The molecule has 3 rings (SSSR count). The average Bonchev–Trinajstić information content (AvgIpc) is 2.98. The zero-order valence-corrected chi connectivity index (χ0v) is 13.4. The summed E-state index contributed by atoms with van der Waals surface area (Å²) in [5.41, 5.74) is 1.39. The zero-order chi connectivity index (χ0) is 17.1. The van der Waals surface area contributed by atoms with E-state index in [1.165, 1.54) is 11.8 Å². The maximum atomic E-state index is 11.1. The van der Waals surface area contributed by atoms with E-state index in [4.69, 9.17) is 21.4 Å². The Balaban J connectivity index is 2.10. The van der Waals surface area contributed by atoms with Crippen molar-refractivity contribution in [2.24, 2.45) is 0 Å². The van der Waals surface area contributed by atoms with Gasteiger partial charge in [-0.1, -0.05) is 11.6 Å². The Bertz CT molecular complexity index is 880. The molecule has 0 bridgehead atoms. The number of halogens is 1. The van der Waals surface area contributed by atoms with E-state index in [1.807, 2.05) is 0 Å². The van der Waals surface area contributed by atoms with Gasteiger partial charge in [-0.2, -0.15) is 0 Å². The Morgan fingerprint density at radius 3 is 2.62 bits per heavy atom. The maximum Gasteiger partial charge on any atom is 0.325 e. The fourth-order valence-corrected chi connectivity index (χ4v) is 2.48. The predicted octanol–water partition coefficient (Wildman–Crippen LogP) is 2.75. The summed E-state index contributed by atoms with van der Waals surface area (Å²) in [6.45, 7) is -0.308. The lowest BCUT2D eigenvalue weighted by atomic mass is 10.2. The van der Waals surface area contributed by atoms with Gasteiger partial charge in [0.05, 0.1) is 12.1 Å². The van der Waals surface area contributed by atoms with E-state index < -0.39 is 5.97 Å². The number of pyridine rings is 1. The lowest BCUT2D eigenvalue weighted by Gasteiger charge is -2.06. The molecule has 2 aromatic heterocycles. The van der Waals surface area contributed by atoms with Crippen LogP contribution in [-0.4, -0.2) is 37.9 Å². The fraction of sp³-hybridized carbons (Fsp3) is 0.125. The van der Waals surface area contributed by atoms with Crippen molar-refractivity contribution in [2.75, 3.05) is 7.11 Å². The number of rotatable bonds is 5. The van der Waals surface area contributed by atoms with E-state index in [0.717, 1.165) is 5.56 Å². The Morgan fingerprint density at radius 1 is 1.25 bits per heavy atom. The van der Waals surface area contributed by atoms with Gasteiger partial charge in [-0.05, 0) is 30.3 Å². The predicted molar refractivity (Wildman–Crippen MR) is 87.9 cm³/mol. The van der Waals surface area contributed by atoms with Crippen LogP contribution in [0.1, 0.15) is 0 Å². The highest BCUT2D eigenvalue weighted by molar-refractivity contribution is 6.32. The summed E-state index contributed by atoms with van der Waals surface area (Å²) in [5.74, 6) is 0.343. The molecule has 8 heteroatoms. The molecule has 7 nitrogen and oxygen atoms in total. The first-order valence-electron chi connectivity index (χ1n) is 6.99. The third-order valence-corrected chi connectivity index (χ3v) is 3.60. The monoisotopic (exact) mass is 344 g/mol. The number of hydrogen-bond donors (Lipinski definition) is 1. The third kappa shape index (κ3) is 3.21. The molecule has 0 unspecified atom stereocenters. The number of carboxylic acids is 1. The molecule has 24 heavy (non-hydrogen) atoms. The van der Waals surface area contributed by atoms with Crippen molar-refractivity contribution in [3.63, 3.8) is 0 Å². The van der Waals surface area contributed by atoms with E-state index >= 15 is 0 Å². The molecule has 3 aromatic rings.